The van der Waals surface area contributed by atoms with Crippen molar-refractivity contribution in [3.63, 3.8) is 0 Å². The van der Waals surface area contributed by atoms with E-state index in [9.17, 15) is 4.79 Å². The first-order chi connectivity index (χ1) is 13.0. The van der Waals surface area contributed by atoms with Gasteiger partial charge in [0.15, 0.2) is 0 Å². The van der Waals surface area contributed by atoms with Crippen LogP contribution in [-0.4, -0.2) is 22.9 Å². The van der Waals surface area contributed by atoms with Crippen LogP contribution in [0.3, 0.4) is 0 Å². The van der Waals surface area contributed by atoms with Gasteiger partial charge in [0.05, 0.1) is 15.7 Å². The molecule has 0 spiro atoms. The Labute approximate surface area is 175 Å². The second-order valence-electron chi connectivity index (χ2n) is 6.41. The summed E-state index contributed by atoms with van der Waals surface area (Å²) in [6.07, 6.45) is 2.14. The average molecular weight is 465 g/mol. The molecule has 4 nitrogen and oxygen atoms in total. The molecule has 27 heavy (non-hydrogen) atoms. The van der Waals surface area contributed by atoms with Gasteiger partial charge in [0.1, 0.15) is 11.4 Å². The van der Waals surface area contributed by atoms with Gasteiger partial charge in [-0.25, -0.2) is 0 Å². The lowest BCUT2D eigenvalue weighted by Gasteiger charge is -2.20. The standard InChI is InChI=1S/C20H16BrCl2N3O/c21-14-6-3-5-13(11-14)17-12-18(25-9-1-2-10-25)20(27)26(24-17)19-15(22)7-4-8-16(19)23/h3-8,11-12H,1-2,9-10H2. The van der Waals surface area contributed by atoms with Crippen LogP contribution in [0, 0.1) is 0 Å². The topological polar surface area (TPSA) is 38.1 Å². The summed E-state index contributed by atoms with van der Waals surface area (Å²) < 4.78 is 2.27. The maximum atomic E-state index is 13.2. The molecule has 1 saturated heterocycles. The summed E-state index contributed by atoms with van der Waals surface area (Å²) >= 11 is 16.2. The van der Waals surface area contributed by atoms with Gasteiger partial charge in [0.25, 0.3) is 5.56 Å². The highest BCUT2D eigenvalue weighted by Gasteiger charge is 2.21. The molecule has 2 heterocycles. The first-order valence-corrected chi connectivity index (χ1v) is 10.2. The third kappa shape index (κ3) is 3.64. The fourth-order valence-corrected chi connectivity index (χ4v) is 4.25. The van der Waals surface area contributed by atoms with Crippen LogP contribution in [0.1, 0.15) is 12.8 Å². The average Bonchev–Trinajstić information content (AvgIpc) is 3.17. The Bertz CT molecular complexity index is 1040. The Morgan fingerprint density at radius 3 is 2.30 bits per heavy atom. The van der Waals surface area contributed by atoms with Crippen molar-refractivity contribution >= 4 is 44.8 Å². The second kappa shape index (κ2) is 7.66. The molecule has 0 radical (unpaired) electrons. The van der Waals surface area contributed by atoms with Gasteiger partial charge in [0, 0.05) is 23.1 Å². The molecule has 138 valence electrons. The van der Waals surface area contributed by atoms with Gasteiger partial charge in [-0.2, -0.15) is 9.78 Å². The fourth-order valence-electron chi connectivity index (χ4n) is 3.30. The third-order valence-corrected chi connectivity index (χ3v) is 5.71. The molecule has 2 aromatic carbocycles. The van der Waals surface area contributed by atoms with Gasteiger partial charge in [-0.1, -0.05) is 57.3 Å². The van der Waals surface area contributed by atoms with Crippen LogP contribution in [0.5, 0.6) is 0 Å². The van der Waals surface area contributed by atoms with E-state index in [2.05, 4.69) is 25.9 Å². The molecule has 0 N–H and O–H groups in total. The van der Waals surface area contributed by atoms with Crippen LogP contribution in [0.4, 0.5) is 5.69 Å². The molecule has 0 saturated carbocycles. The molecular formula is C20H16BrCl2N3O. The lowest BCUT2D eigenvalue weighted by Crippen LogP contribution is -2.31. The van der Waals surface area contributed by atoms with Crippen molar-refractivity contribution in [2.45, 2.75) is 12.8 Å². The molecule has 0 aliphatic carbocycles. The number of hydrogen-bond donors (Lipinski definition) is 0. The lowest BCUT2D eigenvalue weighted by atomic mass is 10.1. The molecule has 1 aliphatic heterocycles. The molecule has 4 rings (SSSR count). The monoisotopic (exact) mass is 463 g/mol. The Morgan fingerprint density at radius 2 is 1.63 bits per heavy atom. The van der Waals surface area contributed by atoms with E-state index in [0.717, 1.165) is 36.0 Å². The predicted molar refractivity (Wildman–Crippen MR) is 114 cm³/mol. The minimum Gasteiger partial charge on any atom is -0.367 e. The minimum atomic E-state index is -0.217. The van der Waals surface area contributed by atoms with Crippen LogP contribution in [-0.2, 0) is 0 Å². The largest absolute Gasteiger partial charge is 0.367 e. The van der Waals surface area contributed by atoms with E-state index in [1.165, 1.54) is 4.68 Å². The maximum absolute atomic E-state index is 13.2. The Morgan fingerprint density at radius 1 is 0.963 bits per heavy atom. The summed E-state index contributed by atoms with van der Waals surface area (Å²) in [4.78, 5) is 15.3. The van der Waals surface area contributed by atoms with Gasteiger partial charge in [-0.3, -0.25) is 4.79 Å². The van der Waals surface area contributed by atoms with Gasteiger partial charge >= 0.3 is 0 Å². The van der Waals surface area contributed by atoms with Gasteiger partial charge < -0.3 is 4.90 Å². The number of aromatic nitrogens is 2. The molecular weight excluding hydrogens is 449 g/mol. The zero-order valence-electron chi connectivity index (χ0n) is 14.3. The Balaban J connectivity index is 1.99. The lowest BCUT2D eigenvalue weighted by molar-refractivity contribution is 0.798. The van der Waals surface area contributed by atoms with Crippen molar-refractivity contribution < 1.29 is 0 Å². The van der Waals surface area contributed by atoms with Crippen molar-refractivity contribution in [3.05, 3.63) is 73.4 Å². The van der Waals surface area contributed by atoms with E-state index in [4.69, 9.17) is 23.2 Å². The highest BCUT2D eigenvalue weighted by molar-refractivity contribution is 9.10. The van der Waals surface area contributed by atoms with Crippen LogP contribution in [0.2, 0.25) is 10.0 Å². The van der Waals surface area contributed by atoms with Gasteiger partial charge in [-0.15, -0.1) is 0 Å². The van der Waals surface area contributed by atoms with Crippen molar-refractivity contribution in [1.82, 2.24) is 9.78 Å². The summed E-state index contributed by atoms with van der Waals surface area (Å²) in [7, 11) is 0. The number of hydrogen-bond acceptors (Lipinski definition) is 3. The number of benzene rings is 2. The number of halogens is 3. The summed E-state index contributed by atoms with van der Waals surface area (Å²) in [5.74, 6) is 0. The molecule has 3 aromatic rings. The van der Waals surface area contributed by atoms with E-state index in [1.54, 1.807) is 18.2 Å². The van der Waals surface area contributed by atoms with E-state index in [1.807, 2.05) is 30.3 Å². The molecule has 7 heteroatoms. The molecule has 1 aromatic heterocycles. The molecule has 0 atom stereocenters. The predicted octanol–water partition coefficient (Wildman–Crippen LogP) is 5.57. The van der Waals surface area contributed by atoms with Gasteiger partial charge in [0.2, 0.25) is 0 Å². The second-order valence-corrected chi connectivity index (χ2v) is 8.14. The SMILES string of the molecule is O=c1c(N2CCCC2)cc(-c2cccc(Br)c2)nn1-c1c(Cl)cccc1Cl. The number of nitrogens with zero attached hydrogens (tertiary/aromatic N) is 3. The summed E-state index contributed by atoms with van der Waals surface area (Å²) in [5, 5.41) is 5.37. The van der Waals surface area contributed by atoms with E-state index in [-0.39, 0.29) is 5.56 Å². The zero-order chi connectivity index (χ0) is 19.0. The maximum Gasteiger partial charge on any atom is 0.295 e. The van der Waals surface area contributed by atoms with Crippen molar-refractivity contribution in [2.75, 3.05) is 18.0 Å². The summed E-state index contributed by atoms with van der Waals surface area (Å²) in [5.41, 5.74) is 2.40. The first kappa shape index (κ1) is 18.5. The van der Waals surface area contributed by atoms with Crippen molar-refractivity contribution in [3.8, 4) is 16.9 Å². The highest BCUT2D eigenvalue weighted by atomic mass is 79.9. The smallest absolute Gasteiger partial charge is 0.295 e. The first-order valence-electron chi connectivity index (χ1n) is 8.64. The molecule has 0 bridgehead atoms. The van der Waals surface area contributed by atoms with E-state index in [0.29, 0.717) is 27.1 Å². The normalized spacial score (nSPS) is 14.0. The molecule has 1 aliphatic rings. The van der Waals surface area contributed by atoms with Crippen LogP contribution in [0.15, 0.2) is 57.8 Å². The molecule has 1 fully saturated rings. The minimum absolute atomic E-state index is 0.217. The van der Waals surface area contributed by atoms with Crippen LogP contribution >= 0.6 is 39.1 Å². The quantitative estimate of drug-likeness (QED) is 0.508. The third-order valence-electron chi connectivity index (χ3n) is 4.61. The Kier molecular flexibility index (Phi) is 5.26. The molecule has 0 amide bonds. The highest BCUT2D eigenvalue weighted by Crippen LogP contribution is 2.30. The number of rotatable bonds is 3. The number of anilines is 1. The summed E-state index contributed by atoms with van der Waals surface area (Å²) in [6.45, 7) is 1.71. The number of para-hydroxylation sites is 1. The molecule has 0 unspecified atom stereocenters. The van der Waals surface area contributed by atoms with E-state index >= 15 is 0 Å². The van der Waals surface area contributed by atoms with E-state index < -0.39 is 0 Å². The van der Waals surface area contributed by atoms with Crippen LogP contribution < -0.4 is 10.5 Å². The van der Waals surface area contributed by atoms with Crippen molar-refractivity contribution in [2.24, 2.45) is 0 Å². The fraction of sp³-hybridized carbons (Fsp3) is 0.200. The summed E-state index contributed by atoms with van der Waals surface area (Å²) in [6, 6.07) is 14.8. The van der Waals surface area contributed by atoms with Crippen LogP contribution in [0.25, 0.3) is 16.9 Å². The van der Waals surface area contributed by atoms with Gasteiger partial charge in [-0.05, 0) is 43.2 Å². The zero-order valence-corrected chi connectivity index (χ0v) is 17.4. The Hall–Kier alpha value is -1.82. The van der Waals surface area contributed by atoms with Crippen molar-refractivity contribution in [1.29, 1.82) is 0 Å².